The first-order valence-electron chi connectivity index (χ1n) is 8.03. The molecule has 2 heterocycles. The molecule has 0 fully saturated rings. The van der Waals surface area contributed by atoms with Crippen molar-refractivity contribution in [2.45, 2.75) is 25.8 Å². The number of nitrogens with one attached hydrogen (secondary N) is 1. The number of fused-ring (bicyclic) bond motifs is 2. The van der Waals surface area contributed by atoms with Gasteiger partial charge in [-0.3, -0.25) is 4.90 Å². The quantitative estimate of drug-likeness (QED) is 0.907. The Morgan fingerprint density at radius 1 is 0.857 bits per heavy atom. The normalized spacial score (nSPS) is 17.7. The monoisotopic (exact) mass is 278 g/mol. The molecule has 0 aliphatic carbocycles. The van der Waals surface area contributed by atoms with Gasteiger partial charge in [-0.2, -0.15) is 0 Å². The number of nitrogens with zero attached hydrogens (tertiary/aromatic N) is 1. The Hall–Kier alpha value is -1.80. The van der Waals surface area contributed by atoms with Gasteiger partial charge in [0.15, 0.2) is 0 Å². The van der Waals surface area contributed by atoms with Gasteiger partial charge in [0.1, 0.15) is 0 Å². The van der Waals surface area contributed by atoms with Crippen LogP contribution in [-0.2, 0) is 25.8 Å². The van der Waals surface area contributed by atoms with E-state index in [4.69, 9.17) is 0 Å². The van der Waals surface area contributed by atoms with Gasteiger partial charge < -0.3 is 5.32 Å². The molecule has 0 spiro atoms. The van der Waals surface area contributed by atoms with Gasteiger partial charge in [-0.05, 0) is 47.6 Å². The van der Waals surface area contributed by atoms with Crippen LogP contribution in [0.4, 0.5) is 5.69 Å². The van der Waals surface area contributed by atoms with Gasteiger partial charge in [-0.1, -0.05) is 36.4 Å². The average Bonchev–Trinajstić information content (AvgIpc) is 2.89. The Balaban J connectivity index is 1.46. The van der Waals surface area contributed by atoms with E-state index in [1.165, 1.54) is 60.3 Å². The molecule has 0 aromatic heterocycles. The summed E-state index contributed by atoms with van der Waals surface area (Å²) in [4.78, 5) is 2.60. The SMILES string of the molecule is c1ccc2c(c1)CCN(Cc1ccc3c(c1)CCN3)CC2. The van der Waals surface area contributed by atoms with Gasteiger partial charge in [-0.15, -0.1) is 0 Å². The van der Waals surface area contributed by atoms with Gasteiger partial charge >= 0.3 is 0 Å². The number of hydrogen-bond acceptors (Lipinski definition) is 2. The van der Waals surface area contributed by atoms with Gasteiger partial charge in [0, 0.05) is 31.9 Å². The second-order valence-electron chi connectivity index (χ2n) is 6.21. The Kier molecular flexibility index (Phi) is 3.40. The largest absolute Gasteiger partial charge is 0.384 e. The van der Waals surface area contributed by atoms with Crippen LogP contribution in [-0.4, -0.2) is 24.5 Å². The molecule has 0 bridgehead atoms. The van der Waals surface area contributed by atoms with E-state index in [0.717, 1.165) is 13.1 Å². The smallest absolute Gasteiger partial charge is 0.0373 e. The van der Waals surface area contributed by atoms with E-state index in [1.807, 2.05) is 0 Å². The fraction of sp³-hybridized carbons (Fsp3) is 0.368. The molecule has 108 valence electrons. The summed E-state index contributed by atoms with van der Waals surface area (Å²) in [5, 5.41) is 3.44. The second kappa shape index (κ2) is 5.53. The number of hydrogen-bond donors (Lipinski definition) is 1. The lowest BCUT2D eigenvalue weighted by Crippen LogP contribution is -2.25. The number of anilines is 1. The van der Waals surface area contributed by atoms with Crippen LogP contribution in [0.5, 0.6) is 0 Å². The molecule has 2 aromatic carbocycles. The van der Waals surface area contributed by atoms with E-state index in [1.54, 1.807) is 0 Å². The second-order valence-corrected chi connectivity index (χ2v) is 6.21. The molecule has 2 aliphatic rings. The van der Waals surface area contributed by atoms with Crippen molar-refractivity contribution in [2.75, 3.05) is 25.0 Å². The molecule has 0 unspecified atom stereocenters. The van der Waals surface area contributed by atoms with Crippen molar-refractivity contribution in [3.05, 3.63) is 64.7 Å². The third-order valence-corrected chi connectivity index (χ3v) is 4.80. The highest BCUT2D eigenvalue weighted by Crippen LogP contribution is 2.24. The van der Waals surface area contributed by atoms with Gasteiger partial charge in [0.05, 0.1) is 0 Å². The molecule has 4 rings (SSSR count). The van der Waals surface area contributed by atoms with Gasteiger partial charge in [-0.25, -0.2) is 0 Å². The lowest BCUT2D eigenvalue weighted by molar-refractivity contribution is 0.279. The zero-order chi connectivity index (χ0) is 14.1. The van der Waals surface area contributed by atoms with Crippen LogP contribution in [0, 0.1) is 0 Å². The topological polar surface area (TPSA) is 15.3 Å². The van der Waals surface area contributed by atoms with Crippen LogP contribution in [0.3, 0.4) is 0 Å². The molecular weight excluding hydrogens is 256 g/mol. The molecule has 21 heavy (non-hydrogen) atoms. The van der Waals surface area contributed by atoms with E-state index < -0.39 is 0 Å². The molecular formula is C19H22N2. The van der Waals surface area contributed by atoms with Crippen molar-refractivity contribution in [3.8, 4) is 0 Å². The lowest BCUT2D eigenvalue weighted by Gasteiger charge is -2.20. The first kappa shape index (κ1) is 12.9. The summed E-state index contributed by atoms with van der Waals surface area (Å²) >= 11 is 0. The zero-order valence-corrected chi connectivity index (χ0v) is 12.4. The van der Waals surface area contributed by atoms with Gasteiger partial charge in [0.2, 0.25) is 0 Å². The fourth-order valence-corrected chi connectivity index (χ4v) is 3.59. The maximum absolute atomic E-state index is 3.44. The highest BCUT2D eigenvalue weighted by molar-refractivity contribution is 5.56. The first-order valence-corrected chi connectivity index (χ1v) is 8.03. The first-order chi connectivity index (χ1) is 10.4. The molecule has 2 nitrogen and oxygen atoms in total. The highest BCUT2D eigenvalue weighted by Gasteiger charge is 2.15. The number of benzene rings is 2. The van der Waals surface area contributed by atoms with Crippen LogP contribution in [0.2, 0.25) is 0 Å². The summed E-state index contributed by atoms with van der Waals surface area (Å²) in [5.74, 6) is 0. The molecule has 0 radical (unpaired) electrons. The fourth-order valence-electron chi connectivity index (χ4n) is 3.59. The van der Waals surface area contributed by atoms with Crippen molar-refractivity contribution < 1.29 is 0 Å². The van der Waals surface area contributed by atoms with E-state index in [0.29, 0.717) is 0 Å². The summed E-state index contributed by atoms with van der Waals surface area (Å²) in [6.45, 7) is 4.53. The Bertz CT molecular complexity index is 621. The van der Waals surface area contributed by atoms with Crippen LogP contribution >= 0.6 is 0 Å². The predicted octanol–water partition coefficient (Wildman–Crippen LogP) is 3.26. The lowest BCUT2D eigenvalue weighted by atomic mass is 10.0. The van der Waals surface area contributed by atoms with Crippen molar-refractivity contribution >= 4 is 5.69 Å². The molecule has 0 atom stereocenters. The van der Waals surface area contributed by atoms with Crippen LogP contribution in [0.25, 0.3) is 0 Å². The van der Waals surface area contributed by atoms with Crippen LogP contribution < -0.4 is 5.32 Å². The van der Waals surface area contributed by atoms with Crippen LogP contribution in [0.15, 0.2) is 42.5 Å². The zero-order valence-electron chi connectivity index (χ0n) is 12.4. The minimum atomic E-state index is 1.08. The van der Waals surface area contributed by atoms with Crippen molar-refractivity contribution in [1.29, 1.82) is 0 Å². The molecule has 2 heteroatoms. The molecule has 0 saturated heterocycles. The van der Waals surface area contributed by atoms with Gasteiger partial charge in [0.25, 0.3) is 0 Å². The molecule has 1 N–H and O–H groups in total. The average molecular weight is 278 g/mol. The summed E-state index contributed by atoms with van der Waals surface area (Å²) in [6, 6.07) is 15.9. The number of rotatable bonds is 2. The molecule has 0 amide bonds. The third-order valence-electron chi connectivity index (χ3n) is 4.80. The molecule has 0 saturated carbocycles. The van der Waals surface area contributed by atoms with E-state index in [-0.39, 0.29) is 0 Å². The Morgan fingerprint density at radius 2 is 1.62 bits per heavy atom. The van der Waals surface area contributed by atoms with Crippen molar-refractivity contribution in [3.63, 3.8) is 0 Å². The third kappa shape index (κ3) is 2.68. The standard InChI is InChI=1S/C19H22N2/c1-2-4-17-9-12-21(11-8-16(17)3-1)14-15-5-6-19-18(13-15)7-10-20-19/h1-6,13,20H,7-12,14H2. The summed E-state index contributed by atoms with van der Waals surface area (Å²) < 4.78 is 0. The van der Waals surface area contributed by atoms with Crippen molar-refractivity contribution in [1.82, 2.24) is 4.90 Å². The minimum Gasteiger partial charge on any atom is -0.384 e. The maximum atomic E-state index is 3.44. The molecule has 2 aliphatic heterocycles. The van der Waals surface area contributed by atoms with Crippen molar-refractivity contribution in [2.24, 2.45) is 0 Å². The van der Waals surface area contributed by atoms with E-state index >= 15 is 0 Å². The minimum absolute atomic E-state index is 1.08. The predicted molar refractivity (Wildman–Crippen MR) is 87.8 cm³/mol. The van der Waals surface area contributed by atoms with Crippen LogP contribution in [0.1, 0.15) is 22.3 Å². The maximum Gasteiger partial charge on any atom is 0.0373 e. The van der Waals surface area contributed by atoms with E-state index in [2.05, 4.69) is 52.7 Å². The summed E-state index contributed by atoms with van der Waals surface area (Å²) in [6.07, 6.45) is 3.54. The van der Waals surface area contributed by atoms with E-state index in [9.17, 15) is 0 Å². The Labute approximate surface area is 126 Å². The summed E-state index contributed by atoms with van der Waals surface area (Å²) in [5.41, 5.74) is 7.37. The molecule has 2 aromatic rings. The highest BCUT2D eigenvalue weighted by atomic mass is 15.1. The summed E-state index contributed by atoms with van der Waals surface area (Å²) in [7, 11) is 0. The Morgan fingerprint density at radius 3 is 2.38 bits per heavy atom.